The Morgan fingerprint density at radius 1 is 1.33 bits per heavy atom. The zero-order chi connectivity index (χ0) is 9.40. The van der Waals surface area contributed by atoms with Crippen LogP contribution in [0.5, 0.6) is 0 Å². The first kappa shape index (κ1) is 11.5. The minimum absolute atomic E-state index is 0.855. The Morgan fingerprint density at radius 2 is 2.00 bits per heavy atom. The van der Waals surface area contributed by atoms with Crippen LogP contribution < -0.4 is 0 Å². The molecular weight excluding hydrogens is 144 g/mol. The van der Waals surface area contributed by atoms with Gasteiger partial charge in [-0.15, -0.1) is 0 Å². The molecule has 0 rings (SSSR count). The van der Waals surface area contributed by atoms with Crippen LogP contribution in [0.3, 0.4) is 0 Å². The van der Waals surface area contributed by atoms with Crippen molar-refractivity contribution in [1.82, 2.24) is 0 Å². The van der Waals surface area contributed by atoms with Crippen LogP contribution >= 0.6 is 0 Å². The van der Waals surface area contributed by atoms with Gasteiger partial charge in [0.2, 0.25) is 0 Å². The third-order valence-electron chi connectivity index (χ3n) is 2.00. The standard InChI is InChI=1S/C12H22/c1-5-8-12(4)10-7-6-9-11(2)3/h5,8,11H,1,6-7,9-10H2,2-4H3. The van der Waals surface area contributed by atoms with Crippen LogP contribution in [0, 0.1) is 5.92 Å². The lowest BCUT2D eigenvalue weighted by Gasteiger charge is -2.03. The van der Waals surface area contributed by atoms with Crippen molar-refractivity contribution in [3.8, 4) is 0 Å². The van der Waals surface area contributed by atoms with E-state index < -0.39 is 0 Å². The summed E-state index contributed by atoms with van der Waals surface area (Å²) in [7, 11) is 0. The fraction of sp³-hybridized carbons (Fsp3) is 0.667. The summed E-state index contributed by atoms with van der Waals surface area (Å²) >= 11 is 0. The number of unbranched alkanes of at least 4 members (excludes halogenated alkanes) is 1. The molecule has 12 heavy (non-hydrogen) atoms. The van der Waals surface area contributed by atoms with Gasteiger partial charge in [0.05, 0.1) is 0 Å². The van der Waals surface area contributed by atoms with E-state index in [9.17, 15) is 0 Å². The summed E-state index contributed by atoms with van der Waals surface area (Å²) in [5, 5.41) is 0. The second kappa shape index (κ2) is 7.15. The predicted molar refractivity (Wildman–Crippen MR) is 57.3 cm³/mol. The van der Waals surface area contributed by atoms with E-state index >= 15 is 0 Å². The van der Waals surface area contributed by atoms with Crippen molar-refractivity contribution < 1.29 is 0 Å². The van der Waals surface area contributed by atoms with E-state index in [4.69, 9.17) is 0 Å². The van der Waals surface area contributed by atoms with Crippen molar-refractivity contribution in [2.24, 2.45) is 5.92 Å². The molecule has 0 atom stereocenters. The van der Waals surface area contributed by atoms with Crippen LogP contribution in [0.2, 0.25) is 0 Å². The molecule has 0 spiro atoms. The smallest absolute Gasteiger partial charge is 0.0320 e. The highest BCUT2D eigenvalue weighted by Crippen LogP contribution is 2.11. The summed E-state index contributed by atoms with van der Waals surface area (Å²) in [6.45, 7) is 10.4. The van der Waals surface area contributed by atoms with Crippen LogP contribution in [0.15, 0.2) is 24.3 Å². The van der Waals surface area contributed by atoms with Crippen molar-refractivity contribution in [3.63, 3.8) is 0 Å². The van der Waals surface area contributed by atoms with Crippen molar-refractivity contribution in [1.29, 1.82) is 0 Å². The van der Waals surface area contributed by atoms with Gasteiger partial charge in [-0.05, 0) is 25.7 Å². The molecule has 70 valence electrons. The Labute approximate surface area is 77.4 Å². The van der Waals surface area contributed by atoms with Crippen molar-refractivity contribution in [2.75, 3.05) is 0 Å². The highest BCUT2D eigenvalue weighted by molar-refractivity contribution is 5.07. The number of allylic oxidation sites excluding steroid dienone is 3. The highest BCUT2D eigenvalue weighted by Gasteiger charge is 1.94. The summed E-state index contributed by atoms with van der Waals surface area (Å²) in [5.74, 6) is 0.855. The lowest BCUT2D eigenvalue weighted by atomic mass is 10.0. The van der Waals surface area contributed by atoms with E-state index in [2.05, 4.69) is 33.4 Å². The van der Waals surface area contributed by atoms with Gasteiger partial charge in [-0.3, -0.25) is 0 Å². The Kier molecular flexibility index (Phi) is 6.84. The zero-order valence-corrected chi connectivity index (χ0v) is 8.77. The third kappa shape index (κ3) is 7.59. The van der Waals surface area contributed by atoms with Crippen LogP contribution in [0.25, 0.3) is 0 Å². The first-order valence-electron chi connectivity index (χ1n) is 4.95. The first-order valence-corrected chi connectivity index (χ1v) is 4.95. The van der Waals surface area contributed by atoms with E-state index in [1.54, 1.807) is 0 Å². The lowest BCUT2D eigenvalue weighted by Crippen LogP contribution is -1.87. The molecule has 0 unspecified atom stereocenters. The molecule has 0 saturated carbocycles. The van der Waals surface area contributed by atoms with Crippen molar-refractivity contribution >= 4 is 0 Å². The number of hydrogen-bond acceptors (Lipinski definition) is 0. The van der Waals surface area contributed by atoms with Gasteiger partial charge in [0, 0.05) is 0 Å². The van der Waals surface area contributed by atoms with Gasteiger partial charge in [-0.25, -0.2) is 0 Å². The van der Waals surface area contributed by atoms with E-state index in [1.165, 1.54) is 31.3 Å². The number of hydrogen-bond donors (Lipinski definition) is 0. The van der Waals surface area contributed by atoms with Gasteiger partial charge in [0.1, 0.15) is 0 Å². The summed E-state index contributed by atoms with van der Waals surface area (Å²) in [6, 6.07) is 0. The summed E-state index contributed by atoms with van der Waals surface area (Å²) in [5.41, 5.74) is 1.45. The molecule has 0 heterocycles. The maximum Gasteiger partial charge on any atom is -0.0320 e. The molecule has 0 fully saturated rings. The quantitative estimate of drug-likeness (QED) is 0.407. The van der Waals surface area contributed by atoms with Crippen LogP contribution in [-0.2, 0) is 0 Å². The molecule has 0 radical (unpaired) electrons. The first-order chi connectivity index (χ1) is 5.66. The minimum Gasteiger partial charge on any atom is -0.0991 e. The Bertz CT molecular complexity index is 140. The van der Waals surface area contributed by atoms with E-state index in [1.807, 2.05) is 6.08 Å². The predicted octanol–water partition coefficient (Wildman–Crippen LogP) is 4.34. The van der Waals surface area contributed by atoms with Gasteiger partial charge in [-0.2, -0.15) is 0 Å². The molecule has 0 aromatic carbocycles. The molecular formula is C12H22. The van der Waals surface area contributed by atoms with Crippen molar-refractivity contribution in [3.05, 3.63) is 24.3 Å². The summed E-state index contributed by atoms with van der Waals surface area (Å²) in [6.07, 6.45) is 9.27. The second-order valence-electron chi connectivity index (χ2n) is 3.89. The second-order valence-corrected chi connectivity index (χ2v) is 3.89. The fourth-order valence-corrected chi connectivity index (χ4v) is 1.24. The average Bonchev–Trinajstić information content (AvgIpc) is 1.98. The molecule has 0 saturated heterocycles. The van der Waals surface area contributed by atoms with Crippen LogP contribution in [0.4, 0.5) is 0 Å². The normalized spacial score (nSPS) is 12.2. The molecule has 0 aliphatic heterocycles. The van der Waals surface area contributed by atoms with Crippen LogP contribution in [0.1, 0.15) is 46.5 Å². The molecule has 0 aromatic heterocycles. The molecule has 0 aliphatic rings. The Hall–Kier alpha value is -0.520. The molecule has 0 bridgehead atoms. The third-order valence-corrected chi connectivity index (χ3v) is 2.00. The summed E-state index contributed by atoms with van der Waals surface area (Å²) < 4.78 is 0. The van der Waals surface area contributed by atoms with Gasteiger partial charge in [0.25, 0.3) is 0 Å². The molecule has 0 amide bonds. The Balaban J connectivity index is 3.31. The topological polar surface area (TPSA) is 0 Å². The number of rotatable bonds is 6. The molecule has 0 nitrogen and oxygen atoms in total. The van der Waals surface area contributed by atoms with Gasteiger partial charge < -0.3 is 0 Å². The monoisotopic (exact) mass is 166 g/mol. The SMILES string of the molecule is C=CC=C(C)CCCCC(C)C. The lowest BCUT2D eigenvalue weighted by molar-refractivity contribution is 0.537. The Morgan fingerprint density at radius 3 is 2.50 bits per heavy atom. The van der Waals surface area contributed by atoms with Gasteiger partial charge in [0.15, 0.2) is 0 Å². The van der Waals surface area contributed by atoms with Gasteiger partial charge in [-0.1, -0.05) is 51.0 Å². The van der Waals surface area contributed by atoms with Crippen LogP contribution in [-0.4, -0.2) is 0 Å². The molecule has 0 aliphatic carbocycles. The fourth-order valence-electron chi connectivity index (χ4n) is 1.24. The average molecular weight is 166 g/mol. The largest absolute Gasteiger partial charge is 0.0991 e. The van der Waals surface area contributed by atoms with E-state index in [0.29, 0.717) is 0 Å². The minimum atomic E-state index is 0.855. The maximum absolute atomic E-state index is 3.68. The molecule has 0 aromatic rings. The van der Waals surface area contributed by atoms with E-state index in [-0.39, 0.29) is 0 Å². The van der Waals surface area contributed by atoms with Gasteiger partial charge >= 0.3 is 0 Å². The van der Waals surface area contributed by atoms with Crippen molar-refractivity contribution in [2.45, 2.75) is 46.5 Å². The van der Waals surface area contributed by atoms with E-state index in [0.717, 1.165) is 5.92 Å². The summed E-state index contributed by atoms with van der Waals surface area (Å²) in [4.78, 5) is 0. The highest BCUT2D eigenvalue weighted by atomic mass is 14.0. The zero-order valence-electron chi connectivity index (χ0n) is 8.77. The molecule has 0 N–H and O–H groups in total. The maximum atomic E-state index is 3.68. The molecule has 0 heteroatoms.